The highest BCUT2D eigenvalue weighted by Crippen LogP contribution is 2.33. The van der Waals surface area contributed by atoms with Crippen molar-refractivity contribution in [1.29, 1.82) is 0 Å². The van der Waals surface area contributed by atoms with Crippen molar-refractivity contribution in [3.63, 3.8) is 0 Å². The minimum absolute atomic E-state index is 0.565. The molecule has 18 heavy (non-hydrogen) atoms. The molecule has 1 saturated carbocycles. The predicted octanol–water partition coefficient (Wildman–Crippen LogP) is 3.52. The van der Waals surface area contributed by atoms with Gasteiger partial charge in [-0.05, 0) is 51.1 Å². The van der Waals surface area contributed by atoms with E-state index in [9.17, 15) is 0 Å². The lowest BCUT2D eigenvalue weighted by molar-refractivity contribution is 0.215. The number of rotatable bonds is 5. The molecule has 1 fully saturated rings. The van der Waals surface area contributed by atoms with Crippen LogP contribution < -0.4 is 5.32 Å². The molecule has 1 aliphatic carbocycles. The Morgan fingerprint density at radius 3 is 2.39 bits per heavy atom. The van der Waals surface area contributed by atoms with Gasteiger partial charge in [0, 0.05) is 18.6 Å². The summed E-state index contributed by atoms with van der Waals surface area (Å²) in [5.41, 5.74) is 0.565. The van der Waals surface area contributed by atoms with E-state index in [2.05, 4.69) is 52.0 Å². The van der Waals surface area contributed by atoms with Crippen LogP contribution in [-0.2, 0) is 0 Å². The van der Waals surface area contributed by atoms with Gasteiger partial charge in [-0.2, -0.15) is 0 Å². The van der Waals surface area contributed by atoms with E-state index in [1.54, 1.807) is 0 Å². The normalized spacial score (nSPS) is 26.3. The van der Waals surface area contributed by atoms with E-state index in [-0.39, 0.29) is 0 Å². The van der Waals surface area contributed by atoms with Crippen LogP contribution in [0.2, 0.25) is 0 Å². The Kier molecular flexibility index (Phi) is 6.13. The third kappa shape index (κ3) is 5.27. The smallest absolute Gasteiger partial charge is 0.0237 e. The summed E-state index contributed by atoms with van der Waals surface area (Å²) >= 11 is 0. The molecule has 0 heterocycles. The second-order valence-corrected chi connectivity index (χ2v) is 7.48. The Morgan fingerprint density at radius 1 is 1.17 bits per heavy atom. The molecule has 2 heteroatoms. The zero-order chi connectivity index (χ0) is 13.8. The molecule has 2 atom stereocenters. The summed E-state index contributed by atoms with van der Waals surface area (Å²) < 4.78 is 0. The molecule has 0 aromatic rings. The van der Waals surface area contributed by atoms with E-state index in [1.165, 1.54) is 32.1 Å². The third-order valence-corrected chi connectivity index (χ3v) is 4.62. The molecule has 1 rings (SSSR count). The third-order valence-electron chi connectivity index (χ3n) is 4.62. The van der Waals surface area contributed by atoms with Crippen molar-refractivity contribution in [2.24, 2.45) is 11.3 Å². The Hall–Kier alpha value is -0.0800. The van der Waals surface area contributed by atoms with Crippen molar-refractivity contribution >= 4 is 0 Å². The van der Waals surface area contributed by atoms with Crippen LogP contribution in [0.3, 0.4) is 0 Å². The van der Waals surface area contributed by atoms with Crippen LogP contribution in [0.25, 0.3) is 0 Å². The number of likely N-dealkylation sites (N-methyl/N-ethyl adjacent to an activating group) is 1. The van der Waals surface area contributed by atoms with Gasteiger partial charge in [-0.1, -0.05) is 34.1 Å². The standard InChI is InChI=1S/C16H34N2/c1-13(2)15(18(5)6)12-17-14-8-7-10-16(3,4)11-9-14/h13-15,17H,7-12H2,1-6H3. The summed E-state index contributed by atoms with van der Waals surface area (Å²) in [7, 11) is 4.39. The fourth-order valence-corrected chi connectivity index (χ4v) is 3.17. The van der Waals surface area contributed by atoms with Crippen LogP contribution in [0.5, 0.6) is 0 Å². The van der Waals surface area contributed by atoms with Gasteiger partial charge < -0.3 is 10.2 Å². The van der Waals surface area contributed by atoms with Crippen LogP contribution in [-0.4, -0.2) is 37.6 Å². The lowest BCUT2D eigenvalue weighted by Crippen LogP contribution is -2.44. The average molecular weight is 254 g/mol. The SMILES string of the molecule is CC(C)C(CNC1CCCC(C)(C)CC1)N(C)C. The van der Waals surface area contributed by atoms with E-state index in [0.29, 0.717) is 11.5 Å². The molecule has 108 valence electrons. The number of nitrogens with zero attached hydrogens (tertiary/aromatic N) is 1. The van der Waals surface area contributed by atoms with E-state index in [4.69, 9.17) is 0 Å². The monoisotopic (exact) mass is 254 g/mol. The summed E-state index contributed by atoms with van der Waals surface area (Å²) in [5.74, 6) is 0.717. The molecule has 0 saturated heterocycles. The number of hydrogen-bond acceptors (Lipinski definition) is 2. The lowest BCUT2D eigenvalue weighted by atomic mass is 9.85. The van der Waals surface area contributed by atoms with Gasteiger partial charge in [0.1, 0.15) is 0 Å². The summed E-state index contributed by atoms with van der Waals surface area (Å²) in [4.78, 5) is 2.36. The molecule has 0 aromatic carbocycles. The van der Waals surface area contributed by atoms with Gasteiger partial charge in [-0.3, -0.25) is 0 Å². The highest BCUT2D eigenvalue weighted by molar-refractivity contribution is 4.82. The van der Waals surface area contributed by atoms with E-state index in [0.717, 1.165) is 18.5 Å². The fraction of sp³-hybridized carbons (Fsp3) is 1.00. The quantitative estimate of drug-likeness (QED) is 0.755. The first-order valence-electron chi connectivity index (χ1n) is 7.71. The van der Waals surface area contributed by atoms with Gasteiger partial charge >= 0.3 is 0 Å². The van der Waals surface area contributed by atoms with Crippen molar-refractivity contribution in [2.75, 3.05) is 20.6 Å². The highest BCUT2D eigenvalue weighted by atomic mass is 15.1. The molecule has 0 radical (unpaired) electrons. The fourth-order valence-electron chi connectivity index (χ4n) is 3.17. The maximum Gasteiger partial charge on any atom is 0.0237 e. The minimum atomic E-state index is 0.565. The maximum atomic E-state index is 3.82. The molecule has 0 aliphatic heterocycles. The van der Waals surface area contributed by atoms with Crippen LogP contribution in [0.15, 0.2) is 0 Å². The Morgan fingerprint density at radius 2 is 1.83 bits per heavy atom. The van der Waals surface area contributed by atoms with Gasteiger partial charge in [0.2, 0.25) is 0 Å². The maximum absolute atomic E-state index is 3.82. The van der Waals surface area contributed by atoms with Crippen molar-refractivity contribution in [2.45, 2.75) is 71.9 Å². The summed E-state index contributed by atoms with van der Waals surface area (Å²) in [6.45, 7) is 10.6. The van der Waals surface area contributed by atoms with Crippen molar-refractivity contribution in [3.05, 3.63) is 0 Å². The highest BCUT2D eigenvalue weighted by Gasteiger charge is 2.25. The zero-order valence-electron chi connectivity index (χ0n) is 13.4. The molecule has 1 aliphatic rings. The van der Waals surface area contributed by atoms with Gasteiger partial charge in [0.05, 0.1) is 0 Å². The van der Waals surface area contributed by atoms with Gasteiger partial charge in [0.25, 0.3) is 0 Å². The van der Waals surface area contributed by atoms with E-state index < -0.39 is 0 Å². The Bertz CT molecular complexity index is 225. The molecule has 0 spiro atoms. The average Bonchev–Trinajstić information content (AvgIpc) is 2.39. The first-order chi connectivity index (χ1) is 8.32. The first kappa shape index (κ1) is 16.0. The van der Waals surface area contributed by atoms with Crippen LogP contribution in [0.1, 0.15) is 59.8 Å². The predicted molar refractivity (Wildman–Crippen MR) is 81.0 cm³/mol. The van der Waals surface area contributed by atoms with Crippen molar-refractivity contribution in [1.82, 2.24) is 10.2 Å². The summed E-state index contributed by atoms with van der Waals surface area (Å²) in [5, 5.41) is 3.82. The molecule has 0 aromatic heterocycles. The molecule has 1 N–H and O–H groups in total. The van der Waals surface area contributed by atoms with Crippen LogP contribution in [0.4, 0.5) is 0 Å². The molecule has 0 amide bonds. The van der Waals surface area contributed by atoms with Gasteiger partial charge in [-0.25, -0.2) is 0 Å². The van der Waals surface area contributed by atoms with Crippen molar-refractivity contribution in [3.8, 4) is 0 Å². The number of hydrogen-bond donors (Lipinski definition) is 1. The van der Waals surface area contributed by atoms with Crippen LogP contribution >= 0.6 is 0 Å². The zero-order valence-corrected chi connectivity index (χ0v) is 13.4. The topological polar surface area (TPSA) is 15.3 Å². The Labute approximate surface area is 115 Å². The Balaban J connectivity index is 2.38. The molecule has 2 unspecified atom stereocenters. The molecular formula is C16H34N2. The van der Waals surface area contributed by atoms with Crippen molar-refractivity contribution < 1.29 is 0 Å². The summed E-state index contributed by atoms with van der Waals surface area (Å²) in [6.07, 6.45) is 6.87. The summed E-state index contributed by atoms with van der Waals surface area (Å²) in [6, 6.07) is 1.40. The first-order valence-corrected chi connectivity index (χ1v) is 7.71. The molecular weight excluding hydrogens is 220 g/mol. The largest absolute Gasteiger partial charge is 0.312 e. The van der Waals surface area contributed by atoms with Gasteiger partial charge in [-0.15, -0.1) is 0 Å². The number of nitrogens with one attached hydrogen (secondary N) is 1. The van der Waals surface area contributed by atoms with Gasteiger partial charge in [0.15, 0.2) is 0 Å². The second kappa shape index (κ2) is 6.91. The lowest BCUT2D eigenvalue weighted by Gasteiger charge is -2.30. The van der Waals surface area contributed by atoms with E-state index in [1.807, 2.05) is 0 Å². The molecule has 2 nitrogen and oxygen atoms in total. The molecule has 0 bridgehead atoms. The van der Waals surface area contributed by atoms with Crippen LogP contribution in [0, 0.1) is 11.3 Å². The van der Waals surface area contributed by atoms with E-state index >= 15 is 0 Å². The minimum Gasteiger partial charge on any atom is -0.312 e. The second-order valence-electron chi connectivity index (χ2n) is 7.48.